The maximum absolute atomic E-state index is 11.8. The van der Waals surface area contributed by atoms with Gasteiger partial charge in [-0.15, -0.1) is 0 Å². The highest BCUT2D eigenvalue weighted by Crippen LogP contribution is 2.22. The zero-order chi connectivity index (χ0) is 13.0. The summed E-state index contributed by atoms with van der Waals surface area (Å²) in [5.41, 5.74) is 0. The molecule has 0 aromatic heterocycles. The van der Waals surface area contributed by atoms with Crippen LogP contribution in [0, 0.1) is 0 Å². The number of carbonyl (C=O) groups is 1. The number of hydrogen-bond acceptors (Lipinski definition) is 3. The van der Waals surface area contributed by atoms with E-state index < -0.39 is 45.8 Å². The standard InChI is InChI=1S/C8H13F3O4S/c1-2-6(7(12)13)16(14,15)5-3-4-8(9,10)11/h6H,2-5H2,1H3,(H,12,13). The highest BCUT2D eigenvalue weighted by atomic mass is 32.2. The molecule has 1 N–H and O–H groups in total. The van der Waals surface area contributed by atoms with Crippen LogP contribution in [0.15, 0.2) is 0 Å². The first-order valence-corrected chi connectivity index (χ1v) is 6.33. The normalized spacial score (nSPS) is 14.8. The van der Waals surface area contributed by atoms with E-state index in [4.69, 9.17) is 5.11 Å². The fourth-order valence-corrected chi connectivity index (χ4v) is 2.84. The minimum atomic E-state index is -4.42. The SMILES string of the molecule is CCC(C(=O)O)S(=O)(=O)CCCC(F)(F)F. The number of hydrogen-bond donors (Lipinski definition) is 1. The molecule has 8 heteroatoms. The van der Waals surface area contributed by atoms with Gasteiger partial charge < -0.3 is 5.11 Å². The molecule has 0 aliphatic carbocycles. The number of aliphatic carboxylic acids is 1. The van der Waals surface area contributed by atoms with Gasteiger partial charge in [0.2, 0.25) is 0 Å². The maximum Gasteiger partial charge on any atom is 0.389 e. The number of carboxylic acid groups (broad SMARTS) is 1. The Morgan fingerprint density at radius 2 is 1.88 bits per heavy atom. The van der Waals surface area contributed by atoms with Crippen molar-refractivity contribution >= 4 is 15.8 Å². The van der Waals surface area contributed by atoms with Crippen molar-refractivity contribution in [3.63, 3.8) is 0 Å². The van der Waals surface area contributed by atoms with Gasteiger partial charge in [0.15, 0.2) is 15.1 Å². The lowest BCUT2D eigenvalue weighted by atomic mass is 10.3. The molecule has 0 heterocycles. The number of sulfone groups is 1. The second-order valence-corrected chi connectivity index (χ2v) is 5.62. The van der Waals surface area contributed by atoms with E-state index in [-0.39, 0.29) is 6.42 Å². The van der Waals surface area contributed by atoms with Gasteiger partial charge in [-0.3, -0.25) is 4.79 Å². The van der Waals surface area contributed by atoms with Crippen molar-refractivity contribution in [2.45, 2.75) is 37.6 Å². The lowest BCUT2D eigenvalue weighted by molar-refractivity contribution is -0.136. The van der Waals surface area contributed by atoms with Crippen molar-refractivity contribution in [3.8, 4) is 0 Å². The number of alkyl halides is 3. The Hall–Kier alpha value is -0.790. The van der Waals surface area contributed by atoms with Gasteiger partial charge in [0.1, 0.15) is 0 Å². The minimum Gasteiger partial charge on any atom is -0.480 e. The largest absolute Gasteiger partial charge is 0.480 e. The molecule has 0 saturated carbocycles. The topological polar surface area (TPSA) is 71.4 Å². The first kappa shape index (κ1) is 15.2. The Labute approximate surface area is 91.4 Å². The lowest BCUT2D eigenvalue weighted by Gasteiger charge is -2.11. The van der Waals surface area contributed by atoms with E-state index in [1.54, 1.807) is 0 Å². The third-order valence-corrected chi connectivity index (χ3v) is 4.23. The number of halogens is 3. The summed E-state index contributed by atoms with van der Waals surface area (Å²) in [6.45, 7) is 1.36. The van der Waals surface area contributed by atoms with Gasteiger partial charge >= 0.3 is 12.1 Å². The molecule has 4 nitrogen and oxygen atoms in total. The van der Waals surface area contributed by atoms with E-state index >= 15 is 0 Å². The highest BCUT2D eigenvalue weighted by molar-refractivity contribution is 7.92. The van der Waals surface area contributed by atoms with Gasteiger partial charge in [-0.25, -0.2) is 8.42 Å². The van der Waals surface area contributed by atoms with Gasteiger partial charge in [0.05, 0.1) is 5.75 Å². The molecule has 16 heavy (non-hydrogen) atoms. The van der Waals surface area contributed by atoms with Crippen LogP contribution < -0.4 is 0 Å². The van der Waals surface area contributed by atoms with Gasteiger partial charge in [-0.2, -0.15) is 13.2 Å². The highest BCUT2D eigenvalue weighted by Gasteiger charge is 2.32. The average Bonchev–Trinajstić information content (AvgIpc) is 1.99. The molecular formula is C8H13F3O4S. The Bertz CT molecular complexity index is 334. The zero-order valence-corrected chi connectivity index (χ0v) is 9.44. The Morgan fingerprint density at radius 3 is 2.19 bits per heavy atom. The van der Waals surface area contributed by atoms with E-state index in [0.29, 0.717) is 0 Å². The van der Waals surface area contributed by atoms with Gasteiger partial charge in [-0.1, -0.05) is 6.92 Å². The Balaban J connectivity index is 4.41. The van der Waals surface area contributed by atoms with E-state index in [1.165, 1.54) is 6.92 Å². The van der Waals surface area contributed by atoms with E-state index in [0.717, 1.165) is 0 Å². The summed E-state index contributed by atoms with van der Waals surface area (Å²) in [6.07, 6.45) is -6.39. The van der Waals surface area contributed by atoms with Crippen molar-refractivity contribution in [1.29, 1.82) is 0 Å². The number of rotatable bonds is 6. The van der Waals surface area contributed by atoms with Crippen LogP contribution in [0.5, 0.6) is 0 Å². The van der Waals surface area contributed by atoms with Crippen LogP contribution >= 0.6 is 0 Å². The van der Waals surface area contributed by atoms with Crippen molar-refractivity contribution in [2.75, 3.05) is 5.75 Å². The van der Waals surface area contributed by atoms with Crippen LogP contribution in [0.2, 0.25) is 0 Å². The molecule has 0 radical (unpaired) electrons. The van der Waals surface area contributed by atoms with Crippen LogP contribution in [-0.2, 0) is 14.6 Å². The third-order valence-electron chi connectivity index (χ3n) is 1.97. The average molecular weight is 262 g/mol. The van der Waals surface area contributed by atoms with E-state index in [1.807, 2.05) is 0 Å². The predicted octanol–water partition coefficient (Wildman–Crippen LogP) is 1.61. The molecule has 0 aromatic rings. The van der Waals surface area contributed by atoms with Crippen molar-refractivity contribution in [2.24, 2.45) is 0 Å². The Morgan fingerprint density at radius 1 is 1.38 bits per heavy atom. The molecular weight excluding hydrogens is 249 g/mol. The molecule has 0 aliphatic rings. The quantitative estimate of drug-likeness (QED) is 0.789. The van der Waals surface area contributed by atoms with Gasteiger partial charge in [0.25, 0.3) is 0 Å². The summed E-state index contributed by atoms with van der Waals surface area (Å²) in [4.78, 5) is 10.5. The van der Waals surface area contributed by atoms with E-state index in [2.05, 4.69) is 0 Å². The van der Waals surface area contributed by atoms with Crippen LogP contribution in [0.1, 0.15) is 26.2 Å². The molecule has 0 spiro atoms. The van der Waals surface area contributed by atoms with Crippen molar-refractivity contribution < 1.29 is 31.5 Å². The first-order valence-electron chi connectivity index (χ1n) is 4.61. The minimum absolute atomic E-state index is 0.149. The van der Waals surface area contributed by atoms with Crippen LogP contribution in [0.3, 0.4) is 0 Å². The molecule has 0 amide bonds. The molecule has 0 bridgehead atoms. The smallest absolute Gasteiger partial charge is 0.389 e. The predicted molar refractivity (Wildman–Crippen MR) is 50.8 cm³/mol. The first-order chi connectivity index (χ1) is 7.10. The second-order valence-electron chi connectivity index (χ2n) is 3.32. The van der Waals surface area contributed by atoms with Gasteiger partial charge in [-0.05, 0) is 12.8 Å². The summed E-state index contributed by atoms with van der Waals surface area (Å²) in [5, 5.41) is 6.96. The molecule has 0 aromatic carbocycles. The second kappa shape index (κ2) is 5.51. The number of carboxylic acids is 1. The molecule has 0 rings (SSSR count). The summed E-state index contributed by atoms with van der Waals surface area (Å²) < 4.78 is 58.0. The summed E-state index contributed by atoms with van der Waals surface area (Å²) in [6, 6.07) is 0. The fraction of sp³-hybridized carbons (Fsp3) is 0.875. The van der Waals surface area contributed by atoms with Crippen LogP contribution in [0.25, 0.3) is 0 Å². The maximum atomic E-state index is 11.8. The van der Waals surface area contributed by atoms with Gasteiger partial charge in [0, 0.05) is 6.42 Å². The third kappa shape index (κ3) is 5.34. The molecule has 1 atom stereocenters. The summed E-state index contributed by atoms with van der Waals surface area (Å²) in [7, 11) is -3.99. The lowest BCUT2D eigenvalue weighted by Crippen LogP contribution is -2.31. The van der Waals surface area contributed by atoms with Crippen molar-refractivity contribution in [1.82, 2.24) is 0 Å². The molecule has 0 saturated heterocycles. The monoisotopic (exact) mass is 262 g/mol. The zero-order valence-electron chi connectivity index (χ0n) is 8.62. The summed E-state index contributed by atoms with van der Waals surface area (Å²) in [5.74, 6) is -2.27. The summed E-state index contributed by atoms with van der Waals surface area (Å²) >= 11 is 0. The fourth-order valence-electron chi connectivity index (χ4n) is 1.20. The molecule has 1 unspecified atom stereocenters. The van der Waals surface area contributed by atoms with Crippen LogP contribution in [-0.4, -0.2) is 36.7 Å². The molecule has 0 aliphatic heterocycles. The van der Waals surface area contributed by atoms with Crippen molar-refractivity contribution in [3.05, 3.63) is 0 Å². The Kier molecular flexibility index (Phi) is 5.24. The molecule has 0 fully saturated rings. The molecule has 96 valence electrons. The van der Waals surface area contributed by atoms with Crippen LogP contribution in [0.4, 0.5) is 13.2 Å². The van der Waals surface area contributed by atoms with E-state index in [9.17, 15) is 26.4 Å².